The third kappa shape index (κ3) is 2.16. The smallest absolute Gasteiger partial charge is 0.116 e. The third-order valence-corrected chi connectivity index (χ3v) is 3.45. The van der Waals surface area contributed by atoms with Crippen LogP contribution in [-0.4, -0.2) is 16.1 Å². The maximum absolute atomic E-state index is 9.38. The summed E-state index contributed by atoms with van der Waals surface area (Å²) in [5.74, 6) is 0.512. The Hall–Kier alpha value is -2.38. The fourth-order valence-corrected chi connectivity index (χ4v) is 2.23. The standard InChI is InChI=1S/C15H13N3O/c16-7-10-5-11(19)2-3-12(10)15-4-1-9(8-18-15)13-6-14(13)17/h1-5,8,13-14,19H,6,17H2/t13-,14+/m1/s1. The topological polar surface area (TPSA) is 82.9 Å². The minimum absolute atomic E-state index is 0.0841. The van der Waals surface area contributed by atoms with Gasteiger partial charge in [0, 0.05) is 23.7 Å². The van der Waals surface area contributed by atoms with Crippen LogP contribution in [-0.2, 0) is 0 Å². The van der Waals surface area contributed by atoms with Crippen molar-refractivity contribution in [2.45, 2.75) is 18.4 Å². The van der Waals surface area contributed by atoms with Crippen LogP contribution < -0.4 is 5.73 Å². The van der Waals surface area contributed by atoms with Gasteiger partial charge in [-0.05, 0) is 36.2 Å². The summed E-state index contributed by atoms with van der Waals surface area (Å²) >= 11 is 0. The van der Waals surface area contributed by atoms with Gasteiger partial charge in [-0.25, -0.2) is 0 Å². The first kappa shape index (κ1) is 11.7. The molecule has 1 heterocycles. The van der Waals surface area contributed by atoms with Gasteiger partial charge in [0.1, 0.15) is 5.75 Å². The number of rotatable bonds is 2. The highest BCUT2D eigenvalue weighted by molar-refractivity contribution is 5.68. The zero-order valence-corrected chi connectivity index (χ0v) is 10.2. The van der Waals surface area contributed by atoms with E-state index in [1.54, 1.807) is 12.1 Å². The number of aromatic nitrogens is 1. The van der Waals surface area contributed by atoms with E-state index in [0.717, 1.165) is 23.2 Å². The van der Waals surface area contributed by atoms with Gasteiger partial charge in [-0.2, -0.15) is 5.26 Å². The quantitative estimate of drug-likeness (QED) is 0.856. The molecule has 1 aromatic carbocycles. The number of aromatic hydroxyl groups is 1. The van der Waals surface area contributed by atoms with E-state index in [2.05, 4.69) is 11.1 Å². The highest BCUT2D eigenvalue weighted by Crippen LogP contribution is 2.39. The first-order valence-corrected chi connectivity index (χ1v) is 6.14. The van der Waals surface area contributed by atoms with E-state index in [1.807, 2.05) is 18.3 Å². The van der Waals surface area contributed by atoms with Crippen molar-refractivity contribution in [3.8, 4) is 23.1 Å². The van der Waals surface area contributed by atoms with E-state index in [1.165, 1.54) is 6.07 Å². The molecule has 1 aliphatic carbocycles. The molecule has 3 rings (SSSR count). The maximum atomic E-state index is 9.38. The average molecular weight is 251 g/mol. The van der Waals surface area contributed by atoms with E-state index in [9.17, 15) is 5.11 Å². The van der Waals surface area contributed by atoms with E-state index in [-0.39, 0.29) is 11.8 Å². The van der Waals surface area contributed by atoms with Crippen molar-refractivity contribution < 1.29 is 5.11 Å². The molecule has 0 radical (unpaired) electrons. The third-order valence-electron chi connectivity index (χ3n) is 3.45. The molecule has 0 unspecified atom stereocenters. The number of phenolic OH excluding ortho intramolecular Hbond substituents is 1. The van der Waals surface area contributed by atoms with Crippen molar-refractivity contribution in [1.82, 2.24) is 4.98 Å². The molecular weight excluding hydrogens is 238 g/mol. The summed E-state index contributed by atoms with van der Waals surface area (Å²) < 4.78 is 0. The molecule has 0 bridgehead atoms. The molecule has 1 aliphatic rings. The summed E-state index contributed by atoms with van der Waals surface area (Å²) in [5, 5.41) is 18.5. The van der Waals surface area contributed by atoms with Gasteiger partial charge in [-0.1, -0.05) is 6.07 Å². The van der Waals surface area contributed by atoms with Gasteiger partial charge in [-0.3, -0.25) is 4.98 Å². The van der Waals surface area contributed by atoms with E-state index < -0.39 is 0 Å². The van der Waals surface area contributed by atoms with E-state index in [0.29, 0.717) is 11.5 Å². The number of nitrogens with zero attached hydrogens (tertiary/aromatic N) is 2. The maximum Gasteiger partial charge on any atom is 0.116 e. The van der Waals surface area contributed by atoms with Crippen LogP contribution in [0.4, 0.5) is 0 Å². The molecule has 1 saturated carbocycles. The fourth-order valence-electron chi connectivity index (χ4n) is 2.23. The van der Waals surface area contributed by atoms with Crippen LogP contribution >= 0.6 is 0 Å². The van der Waals surface area contributed by atoms with Crippen LogP contribution in [0.3, 0.4) is 0 Å². The van der Waals surface area contributed by atoms with Crippen LogP contribution in [0.1, 0.15) is 23.5 Å². The number of nitriles is 1. The van der Waals surface area contributed by atoms with E-state index in [4.69, 9.17) is 11.0 Å². The monoisotopic (exact) mass is 251 g/mol. The van der Waals surface area contributed by atoms with Gasteiger partial charge in [0.05, 0.1) is 17.3 Å². The summed E-state index contributed by atoms with van der Waals surface area (Å²) in [4.78, 5) is 4.39. The Morgan fingerprint density at radius 1 is 1.32 bits per heavy atom. The number of nitrogens with two attached hydrogens (primary N) is 1. The van der Waals surface area contributed by atoms with Crippen LogP contribution in [0.25, 0.3) is 11.3 Å². The molecule has 0 aliphatic heterocycles. The average Bonchev–Trinajstić information content (AvgIpc) is 3.16. The lowest BCUT2D eigenvalue weighted by molar-refractivity contribution is 0.475. The molecule has 0 saturated heterocycles. The van der Waals surface area contributed by atoms with Gasteiger partial charge >= 0.3 is 0 Å². The second kappa shape index (κ2) is 4.38. The Kier molecular flexibility index (Phi) is 2.69. The molecule has 4 heteroatoms. The molecule has 0 spiro atoms. The minimum Gasteiger partial charge on any atom is -0.508 e. The van der Waals surface area contributed by atoms with Gasteiger partial charge < -0.3 is 10.8 Å². The SMILES string of the molecule is N#Cc1cc(O)ccc1-c1ccc([C@H]2C[C@@H]2N)cn1. The molecule has 4 nitrogen and oxygen atoms in total. The van der Waals surface area contributed by atoms with Gasteiger partial charge in [-0.15, -0.1) is 0 Å². The van der Waals surface area contributed by atoms with Gasteiger partial charge in [0.2, 0.25) is 0 Å². The molecule has 1 fully saturated rings. The second-order valence-corrected chi connectivity index (χ2v) is 4.82. The van der Waals surface area contributed by atoms with Crippen LogP contribution in [0.5, 0.6) is 5.75 Å². The van der Waals surface area contributed by atoms with Crippen molar-refractivity contribution in [1.29, 1.82) is 5.26 Å². The van der Waals surface area contributed by atoms with Crippen molar-refractivity contribution >= 4 is 0 Å². The number of hydrogen-bond donors (Lipinski definition) is 2. The summed E-state index contributed by atoms with van der Waals surface area (Å²) in [5.41, 5.74) is 8.84. The predicted octanol–water partition coefficient (Wildman–Crippen LogP) is 2.14. The van der Waals surface area contributed by atoms with Gasteiger partial charge in [0.25, 0.3) is 0 Å². The number of phenols is 1. The summed E-state index contributed by atoms with van der Waals surface area (Å²) in [6.45, 7) is 0. The fraction of sp³-hybridized carbons (Fsp3) is 0.200. The van der Waals surface area contributed by atoms with Crippen molar-refractivity contribution in [2.75, 3.05) is 0 Å². The Morgan fingerprint density at radius 2 is 2.11 bits per heavy atom. The van der Waals surface area contributed by atoms with Crippen molar-refractivity contribution in [2.24, 2.45) is 5.73 Å². The van der Waals surface area contributed by atoms with Crippen LogP contribution in [0, 0.1) is 11.3 Å². The molecular formula is C15H13N3O. The predicted molar refractivity (Wildman–Crippen MR) is 71.4 cm³/mol. The van der Waals surface area contributed by atoms with Crippen molar-refractivity contribution in [3.05, 3.63) is 47.7 Å². The van der Waals surface area contributed by atoms with Crippen LogP contribution in [0.15, 0.2) is 36.5 Å². The molecule has 94 valence electrons. The largest absolute Gasteiger partial charge is 0.508 e. The zero-order chi connectivity index (χ0) is 13.4. The summed E-state index contributed by atoms with van der Waals surface area (Å²) in [7, 11) is 0. The first-order chi connectivity index (χ1) is 9.19. The molecule has 0 amide bonds. The highest BCUT2D eigenvalue weighted by Gasteiger charge is 2.34. The Labute approximate surface area is 111 Å². The number of hydrogen-bond acceptors (Lipinski definition) is 4. The molecule has 1 aromatic heterocycles. The summed E-state index contributed by atoms with van der Waals surface area (Å²) in [6, 6.07) is 10.9. The Morgan fingerprint density at radius 3 is 2.68 bits per heavy atom. The summed E-state index contributed by atoms with van der Waals surface area (Å²) in [6.07, 6.45) is 2.84. The van der Waals surface area contributed by atoms with Crippen molar-refractivity contribution in [3.63, 3.8) is 0 Å². The second-order valence-electron chi connectivity index (χ2n) is 4.82. The molecule has 3 N–H and O–H groups in total. The van der Waals surface area contributed by atoms with E-state index >= 15 is 0 Å². The number of benzene rings is 1. The lowest BCUT2D eigenvalue weighted by atomic mass is 10.0. The lowest BCUT2D eigenvalue weighted by Crippen LogP contribution is -2.01. The highest BCUT2D eigenvalue weighted by atomic mass is 16.3. The lowest BCUT2D eigenvalue weighted by Gasteiger charge is -2.05. The Bertz CT molecular complexity index is 658. The van der Waals surface area contributed by atoms with Gasteiger partial charge in [0.15, 0.2) is 0 Å². The first-order valence-electron chi connectivity index (χ1n) is 6.14. The molecule has 2 atom stereocenters. The normalized spacial score (nSPS) is 20.8. The minimum atomic E-state index is 0.0841. The molecule has 2 aromatic rings. The Balaban J connectivity index is 1.96. The van der Waals surface area contributed by atoms with Crippen LogP contribution in [0.2, 0.25) is 0 Å². The zero-order valence-electron chi connectivity index (χ0n) is 10.2. The molecule has 19 heavy (non-hydrogen) atoms. The number of pyridine rings is 1.